The molecule has 1 heterocycles. The van der Waals surface area contributed by atoms with Crippen LogP contribution >= 0.6 is 0 Å². The number of piperidine rings is 1. The number of carbonyl (C=O) groups excluding carboxylic acids is 1. The summed E-state index contributed by atoms with van der Waals surface area (Å²) in [4.78, 5) is 12.3. The summed E-state index contributed by atoms with van der Waals surface area (Å²) in [6, 6.07) is 15.8. The summed E-state index contributed by atoms with van der Waals surface area (Å²) in [5.41, 5.74) is 0.589. The van der Waals surface area contributed by atoms with Crippen LogP contribution in [0.5, 0.6) is 5.75 Å². The molecule has 0 saturated carbocycles. The van der Waals surface area contributed by atoms with Crippen molar-refractivity contribution < 1.29 is 17.9 Å². The summed E-state index contributed by atoms with van der Waals surface area (Å²) >= 11 is 0. The van der Waals surface area contributed by atoms with Crippen molar-refractivity contribution in [3.63, 3.8) is 0 Å². The van der Waals surface area contributed by atoms with E-state index < -0.39 is 10.0 Å². The lowest BCUT2D eigenvalue weighted by molar-refractivity contribution is -0.116. The Balaban J connectivity index is 1.46. The van der Waals surface area contributed by atoms with Crippen molar-refractivity contribution in [3.05, 3.63) is 54.6 Å². The second-order valence-electron chi connectivity index (χ2n) is 6.80. The molecule has 28 heavy (non-hydrogen) atoms. The predicted octanol–water partition coefficient (Wildman–Crippen LogP) is 3.66. The number of ether oxygens (including phenoxy) is 1. The number of para-hydroxylation sites is 1. The molecule has 3 rings (SSSR count). The molecule has 150 valence electrons. The third kappa shape index (κ3) is 5.56. The molecule has 0 bridgehead atoms. The summed E-state index contributed by atoms with van der Waals surface area (Å²) in [6.07, 6.45) is 3.82. The molecule has 0 atom stereocenters. The molecular weight excluding hydrogens is 376 g/mol. The Labute approximate surface area is 166 Å². The van der Waals surface area contributed by atoms with E-state index >= 15 is 0 Å². The van der Waals surface area contributed by atoms with E-state index in [1.807, 2.05) is 30.3 Å². The van der Waals surface area contributed by atoms with Gasteiger partial charge in [0.2, 0.25) is 15.9 Å². The van der Waals surface area contributed by atoms with E-state index in [1.54, 1.807) is 24.3 Å². The quantitative estimate of drug-likeness (QED) is 0.684. The van der Waals surface area contributed by atoms with Crippen LogP contribution in [0.3, 0.4) is 0 Å². The second kappa shape index (κ2) is 9.71. The molecule has 6 nitrogen and oxygen atoms in total. The molecule has 1 amide bonds. The van der Waals surface area contributed by atoms with Crippen molar-refractivity contribution in [3.8, 4) is 5.75 Å². The lowest BCUT2D eigenvalue weighted by atomic mass is 10.2. The Kier molecular flexibility index (Phi) is 7.06. The highest BCUT2D eigenvalue weighted by Crippen LogP contribution is 2.22. The number of sulfonamides is 1. The van der Waals surface area contributed by atoms with Gasteiger partial charge in [0.25, 0.3) is 0 Å². The minimum Gasteiger partial charge on any atom is -0.494 e. The van der Waals surface area contributed by atoms with Gasteiger partial charge in [-0.3, -0.25) is 4.79 Å². The van der Waals surface area contributed by atoms with Gasteiger partial charge in [-0.1, -0.05) is 24.6 Å². The van der Waals surface area contributed by atoms with E-state index in [0.717, 1.165) is 25.0 Å². The molecule has 1 fully saturated rings. The van der Waals surface area contributed by atoms with Gasteiger partial charge in [0, 0.05) is 25.2 Å². The Bertz CT molecular complexity index is 861. The Hall–Kier alpha value is -2.38. The number of anilines is 1. The Morgan fingerprint density at radius 3 is 2.32 bits per heavy atom. The average Bonchev–Trinajstić information content (AvgIpc) is 2.73. The third-order valence-electron chi connectivity index (χ3n) is 4.65. The number of nitrogens with one attached hydrogen (secondary N) is 1. The minimum absolute atomic E-state index is 0.122. The van der Waals surface area contributed by atoms with Crippen LogP contribution in [0, 0.1) is 0 Å². The zero-order valence-corrected chi connectivity index (χ0v) is 16.7. The van der Waals surface area contributed by atoms with Gasteiger partial charge in [-0.15, -0.1) is 0 Å². The van der Waals surface area contributed by atoms with E-state index in [-0.39, 0.29) is 10.8 Å². The molecule has 7 heteroatoms. The van der Waals surface area contributed by atoms with Crippen LogP contribution in [-0.4, -0.2) is 38.3 Å². The van der Waals surface area contributed by atoms with E-state index in [0.29, 0.717) is 38.2 Å². The molecule has 0 spiro atoms. The number of carbonyl (C=O) groups is 1. The maximum absolute atomic E-state index is 12.6. The first-order chi connectivity index (χ1) is 13.6. The van der Waals surface area contributed by atoms with E-state index in [2.05, 4.69) is 5.32 Å². The molecule has 2 aromatic rings. The van der Waals surface area contributed by atoms with Crippen molar-refractivity contribution in [1.29, 1.82) is 0 Å². The maximum atomic E-state index is 12.6. The van der Waals surface area contributed by atoms with Gasteiger partial charge in [0.15, 0.2) is 0 Å². The van der Waals surface area contributed by atoms with E-state index in [1.165, 1.54) is 4.31 Å². The molecule has 0 unspecified atom stereocenters. The number of rotatable bonds is 8. The summed E-state index contributed by atoms with van der Waals surface area (Å²) in [5.74, 6) is 0.664. The second-order valence-corrected chi connectivity index (χ2v) is 8.74. The Morgan fingerprint density at radius 1 is 0.964 bits per heavy atom. The maximum Gasteiger partial charge on any atom is 0.243 e. The third-order valence-corrected chi connectivity index (χ3v) is 6.56. The van der Waals surface area contributed by atoms with Crippen molar-refractivity contribution in [2.75, 3.05) is 25.0 Å². The number of benzene rings is 2. The monoisotopic (exact) mass is 402 g/mol. The predicted molar refractivity (Wildman–Crippen MR) is 109 cm³/mol. The molecule has 2 aromatic carbocycles. The largest absolute Gasteiger partial charge is 0.494 e. The van der Waals surface area contributed by atoms with Gasteiger partial charge < -0.3 is 10.1 Å². The summed E-state index contributed by atoms with van der Waals surface area (Å²) in [5, 5.41) is 2.80. The zero-order chi connectivity index (χ0) is 19.8. The van der Waals surface area contributed by atoms with Crippen LogP contribution in [0.4, 0.5) is 5.69 Å². The number of hydrogen-bond donors (Lipinski definition) is 1. The summed E-state index contributed by atoms with van der Waals surface area (Å²) in [6.45, 7) is 1.61. The van der Waals surface area contributed by atoms with Crippen LogP contribution in [0.1, 0.15) is 32.1 Å². The zero-order valence-electron chi connectivity index (χ0n) is 15.8. The SMILES string of the molecule is O=C(CCCOc1ccccc1)Nc1ccc(S(=O)(=O)N2CCCCC2)cc1. The molecule has 1 aliphatic heterocycles. The fourth-order valence-electron chi connectivity index (χ4n) is 3.13. The lowest BCUT2D eigenvalue weighted by Gasteiger charge is -2.25. The summed E-state index contributed by atoms with van der Waals surface area (Å²) in [7, 11) is -3.45. The van der Waals surface area contributed by atoms with Crippen molar-refractivity contribution in [2.45, 2.75) is 37.0 Å². The van der Waals surface area contributed by atoms with Crippen LogP contribution in [0.15, 0.2) is 59.5 Å². The first kappa shape index (κ1) is 20.4. The first-order valence-corrected chi connectivity index (χ1v) is 11.1. The highest BCUT2D eigenvalue weighted by molar-refractivity contribution is 7.89. The van der Waals surface area contributed by atoms with Gasteiger partial charge in [-0.05, 0) is 55.7 Å². The highest BCUT2D eigenvalue weighted by Gasteiger charge is 2.25. The fraction of sp³-hybridized carbons (Fsp3) is 0.381. The van der Waals surface area contributed by atoms with Crippen molar-refractivity contribution in [1.82, 2.24) is 4.31 Å². The van der Waals surface area contributed by atoms with Crippen LogP contribution in [-0.2, 0) is 14.8 Å². The number of nitrogens with zero attached hydrogens (tertiary/aromatic N) is 1. The fourth-order valence-corrected chi connectivity index (χ4v) is 4.64. The molecule has 0 aromatic heterocycles. The average molecular weight is 403 g/mol. The van der Waals surface area contributed by atoms with Gasteiger partial charge in [0.05, 0.1) is 11.5 Å². The van der Waals surface area contributed by atoms with Crippen molar-refractivity contribution >= 4 is 21.6 Å². The first-order valence-electron chi connectivity index (χ1n) is 9.64. The Morgan fingerprint density at radius 2 is 1.64 bits per heavy atom. The van der Waals surface area contributed by atoms with Crippen LogP contribution < -0.4 is 10.1 Å². The molecule has 0 aliphatic carbocycles. The number of hydrogen-bond acceptors (Lipinski definition) is 4. The smallest absolute Gasteiger partial charge is 0.243 e. The van der Waals surface area contributed by atoms with Crippen LogP contribution in [0.25, 0.3) is 0 Å². The number of amides is 1. The standard InChI is InChI=1S/C21H26N2O4S/c24-21(10-7-17-27-19-8-3-1-4-9-19)22-18-11-13-20(14-12-18)28(25,26)23-15-5-2-6-16-23/h1,3-4,8-9,11-14H,2,5-7,10,15-17H2,(H,22,24). The normalized spacial score (nSPS) is 15.1. The summed E-state index contributed by atoms with van der Waals surface area (Å²) < 4.78 is 32.4. The van der Waals surface area contributed by atoms with E-state index in [9.17, 15) is 13.2 Å². The van der Waals surface area contributed by atoms with Gasteiger partial charge in [-0.25, -0.2) is 8.42 Å². The minimum atomic E-state index is -3.45. The topological polar surface area (TPSA) is 75.7 Å². The van der Waals surface area contributed by atoms with Gasteiger partial charge in [-0.2, -0.15) is 4.31 Å². The molecule has 1 saturated heterocycles. The molecule has 0 radical (unpaired) electrons. The lowest BCUT2D eigenvalue weighted by Crippen LogP contribution is -2.35. The van der Waals surface area contributed by atoms with Gasteiger partial charge >= 0.3 is 0 Å². The van der Waals surface area contributed by atoms with E-state index in [4.69, 9.17) is 4.74 Å². The highest BCUT2D eigenvalue weighted by atomic mass is 32.2. The molecular formula is C21H26N2O4S. The van der Waals surface area contributed by atoms with Gasteiger partial charge in [0.1, 0.15) is 5.75 Å². The van der Waals surface area contributed by atoms with Crippen LogP contribution in [0.2, 0.25) is 0 Å². The molecule has 1 aliphatic rings. The van der Waals surface area contributed by atoms with Crippen molar-refractivity contribution in [2.24, 2.45) is 0 Å². The molecule has 1 N–H and O–H groups in total.